The number of halogens is 1. The predicted molar refractivity (Wildman–Crippen MR) is 100 cm³/mol. The smallest absolute Gasteiger partial charge is 0.230 e. The van der Waals surface area contributed by atoms with Crippen molar-refractivity contribution in [2.24, 2.45) is 0 Å². The van der Waals surface area contributed by atoms with Gasteiger partial charge in [-0.25, -0.2) is 0 Å². The molecule has 0 spiro atoms. The van der Waals surface area contributed by atoms with Crippen LogP contribution < -0.4 is 5.32 Å². The summed E-state index contributed by atoms with van der Waals surface area (Å²) in [5.74, 6) is 1.29. The Morgan fingerprint density at radius 3 is 2.74 bits per heavy atom. The molecule has 0 saturated heterocycles. The minimum atomic E-state index is 0.0224. The number of rotatable bonds is 6. The summed E-state index contributed by atoms with van der Waals surface area (Å²) in [5.41, 5.74) is 4.73. The Hall–Kier alpha value is -1.45. The molecule has 0 radical (unpaired) electrons. The first-order valence-electron chi connectivity index (χ1n) is 7.64. The lowest BCUT2D eigenvalue weighted by atomic mass is 10.00. The van der Waals surface area contributed by atoms with Crippen LogP contribution in [0.4, 0.5) is 0 Å². The van der Waals surface area contributed by atoms with Gasteiger partial charge in [0.15, 0.2) is 0 Å². The number of hydrogen-bond acceptors (Lipinski definition) is 2. The Morgan fingerprint density at radius 2 is 2.00 bits per heavy atom. The van der Waals surface area contributed by atoms with Crippen molar-refractivity contribution in [1.29, 1.82) is 0 Å². The average Bonchev–Trinajstić information content (AvgIpc) is 2.49. The Balaban J connectivity index is 1.83. The second kappa shape index (κ2) is 8.42. The molecule has 122 valence electrons. The summed E-state index contributed by atoms with van der Waals surface area (Å²) in [7, 11) is 0. The van der Waals surface area contributed by atoms with Crippen molar-refractivity contribution in [1.82, 2.24) is 5.32 Å². The summed E-state index contributed by atoms with van der Waals surface area (Å²) in [6.45, 7) is 6.17. The molecule has 1 atom stereocenters. The average molecular weight is 348 g/mol. The SMILES string of the molecule is Cc1ccc(C)c([C@@H](C)NC(=O)CSCc2cccc(Cl)c2)c1. The summed E-state index contributed by atoms with van der Waals surface area (Å²) < 4.78 is 0. The van der Waals surface area contributed by atoms with Gasteiger partial charge in [-0.2, -0.15) is 0 Å². The molecule has 2 aromatic rings. The number of carbonyl (C=O) groups is 1. The summed E-state index contributed by atoms with van der Waals surface area (Å²) >= 11 is 7.56. The van der Waals surface area contributed by atoms with Crippen molar-refractivity contribution in [3.8, 4) is 0 Å². The maximum Gasteiger partial charge on any atom is 0.230 e. The summed E-state index contributed by atoms with van der Waals surface area (Å²) in [6.07, 6.45) is 0. The normalized spacial score (nSPS) is 12.0. The van der Waals surface area contributed by atoms with E-state index in [2.05, 4.69) is 37.4 Å². The lowest BCUT2D eigenvalue weighted by Gasteiger charge is -2.17. The third-order valence-electron chi connectivity index (χ3n) is 3.67. The van der Waals surface area contributed by atoms with Crippen LogP contribution in [0.25, 0.3) is 0 Å². The monoisotopic (exact) mass is 347 g/mol. The van der Waals surface area contributed by atoms with Crippen molar-refractivity contribution in [2.75, 3.05) is 5.75 Å². The van der Waals surface area contributed by atoms with E-state index in [0.717, 1.165) is 16.3 Å². The standard InChI is InChI=1S/C19H22ClNOS/c1-13-7-8-14(2)18(9-13)15(3)21-19(22)12-23-11-16-5-4-6-17(20)10-16/h4-10,15H,11-12H2,1-3H3,(H,21,22)/t15-/m1/s1. The van der Waals surface area contributed by atoms with Crippen LogP contribution in [0, 0.1) is 13.8 Å². The van der Waals surface area contributed by atoms with E-state index in [0.29, 0.717) is 5.75 Å². The number of hydrogen-bond donors (Lipinski definition) is 1. The van der Waals surface area contributed by atoms with Gasteiger partial charge < -0.3 is 5.32 Å². The van der Waals surface area contributed by atoms with Gasteiger partial charge in [-0.15, -0.1) is 11.8 Å². The van der Waals surface area contributed by atoms with Crippen LogP contribution >= 0.6 is 23.4 Å². The second-order valence-corrected chi connectivity index (χ2v) is 7.19. The van der Waals surface area contributed by atoms with Gasteiger partial charge in [-0.05, 0) is 49.6 Å². The molecule has 0 fully saturated rings. The molecule has 0 bridgehead atoms. The molecule has 0 aromatic heterocycles. The highest BCUT2D eigenvalue weighted by Gasteiger charge is 2.12. The zero-order chi connectivity index (χ0) is 16.8. The number of carbonyl (C=O) groups excluding carboxylic acids is 1. The van der Waals surface area contributed by atoms with E-state index in [4.69, 9.17) is 11.6 Å². The number of benzene rings is 2. The van der Waals surface area contributed by atoms with Crippen LogP contribution in [-0.2, 0) is 10.5 Å². The number of amides is 1. The molecule has 0 aliphatic rings. The topological polar surface area (TPSA) is 29.1 Å². The highest BCUT2D eigenvalue weighted by atomic mass is 35.5. The minimum Gasteiger partial charge on any atom is -0.349 e. The Bertz CT molecular complexity index is 687. The van der Waals surface area contributed by atoms with Gasteiger partial charge in [-0.1, -0.05) is 47.5 Å². The fourth-order valence-corrected chi connectivity index (χ4v) is 3.47. The third kappa shape index (κ3) is 5.60. The van der Waals surface area contributed by atoms with Crippen molar-refractivity contribution >= 4 is 29.3 Å². The predicted octanol–water partition coefficient (Wildman–Crippen LogP) is 5.07. The van der Waals surface area contributed by atoms with Gasteiger partial charge in [0.1, 0.15) is 0 Å². The molecule has 0 heterocycles. The number of thioether (sulfide) groups is 1. The second-order valence-electron chi connectivity index (χ2n) is 5.77. The van der Waals surface area contributed by atoms with Crippen LogP contribution in [0.3, 0.4) is 0 Å². The van der Waals surface area contributed by atoms with Crippen LogP contribution in [0.5, 0.6) is 0 Å². The van der Waals surface area contributed by atoms with E-state index in [-0.39, 0.29) is 11.9 Å². The van der Waals surface area contributed by atoms with E-state index < -0.39 is 0 Å². The van der Waals surface area contributed by atoms with Gasteiger partial charge in [0.05, 0.1) is 11.8 Å². The van der Waals surface area contributed by atoms with Gasteiger partial charge >= 0.3 is 0 Å². The molecule has 0 saturated carbocycles. The first-order valence-corrected chi connectivity index (χ1v) is 9.17. The van der Waals surface area contributed by atoms with Gasteiger partial charge in [0.2, 0.25) is 5.91 Å². The fraction of sp³-hybridized carbons (Fsp3) is 0.316. The van der Waals surface area contributed by atoms with E-state index >= 15 is 0 Å². The molecule has 23 heavy (non-hydrogen) atoms. The highest BCUT2D eigenvalue weighted by Crippen LogP contribution is 2.20. The highest BCUT2D eigenvalue weighted by molar-refractivity contribution is 7.99. The van der Waals surface area contributed by atoms with Crippen molar-refractivity contribution in [3.05, 3.63) is 69.7 Å². The Labute approximate surface area is 147 Å². The zero-order valence-corrected chi connectivity index (χ0v) is 15.3. The third-order valence-corrected chi connectivity index (χ3v) is 4.91. The van der Waals surface area contributed by atoms with Crippen LogP contribution in [0.15, 0.2) is 42.5 Å². The molecular formula is C19H22ClNOS. The Kier molecular flexibility index (Phi) is 6.55. The first-order chi connectivity index (χ1) is 11.0. The summed E-state index contributed by atoms with van der Waals surface area (Å²) in [5, 5.41) is 3.81. The molecule has 2 rings (SSSR count). The minimum absolute atomic E-state index is 0.0224. The van der Waals surface area contributed by atoms with Gasteiger partial charge in [0.25, 0.3) is 0 Å². The molecule has 4 heteroatoms. The number of aryl methyl sites for hydroxylation is 2. The van der Waals surface area contributed by atoms with E-state index in [9.17, 15) is 4.79 Å². The zero-order valence-electron chi connectivity index (χ0n) is 13.7. The van der Waals surface area contributed by atoms with Gasteiger partial charge in [-0.3, -0.25) is 4.79 Å². The van der Waals surface area contributed by atoms with E-state index in [1.54, 1.807) is 11.8 Å². The Morgan fingerprint density at radius 1 is 1.22 bits per heavy atom. The molecule has 0 aliphatic carbocycles. The molecule has 0 aliphatic heterocycles. The molecular weight excluding hydrogens is 326 g/mol. The quantitative estimate of drug-likeness (QED) is 0.790. The fourth-order valence-electron chi connectivity index (χ4n) is 2.48. The lowest BCUT2D eigenvalue weighted by molar-refractivity contribution is -0.119. The molecule has 0 unspecified atom stereocenters. The maximum atomic E-state index is 12.1. The molecule has 1 amide bonds. The molecule has 2 nitrogen and oxygen atoms in total. The summed E-state index contributed by atoms with van der Waals surface area (Å²) in [6, 6.07) is 14.1. The molecule has 1 N–H and O–H groups in total. The van der Waals surface area contributed by atoms with Crippen LogP contribution in [-0.4, -0.2) is 11.7 Å². The van der Waals surface area contributed by atoms with Crippen molar-refractivity contribution in [3.63, 3.8) is 0 Å². The van der Waals surface area contributed by atoms with Gasteiger partial charge in [0, 0.05) is 10.8 Å². The van der Waals surface area contributed by atoms with Crippen molar-refractivity contribution < 1.29 is 4.79 Å². The summed E-state index contributed by atoms with van der Waals surface area (Å²) in [4.78, 5) is 12.1. The van der Waals surface area contributed by atoms with Crippen LogP contribution in [0.1, 0.15) is 35.2 Å². The largest absolute Gasteiger partial charge is 0.349 e. The van der Waals surface area contributed by atoms with E-state index in [1.165, 1.54) is 16.7 Å². The molecule has 2 aromatic carbocycles. The van der Waals surface area contributed by atoms with Crippen LogP contribution in [0.2, 0.25) is 5.02 Å². The van der Waals surface area contributed by atoms with Crippen molar-refractivity contribution in [2.45, 2.75) is 32.6 Å². The van der Waals surface area contributed by atoms with E-state index in [1.807, 2.05) is 31.2 Å². The first kappa shape index (κ1) is 17.9. The maximum absolute atomic E-state index is 12.1. The lowest BCUT2D eigenvalue weighted by Crippen LogP contribution is -2.28. The number of nitrogens with one attached hydrogen (secondary N) is 1.